The van der Waals surface area contributed by atoms with E-state index in [0.717, 1.165) is 11.1 Å². The summed E-state index contributed by atoms with van der Waals surface area (Å²) < 4.78 is 0. The van der Waals surface area contributed by atoms with Gasteiger partial charge < -0.3 is 5.11 Å². The van der Waals surface area contributed by atoms with Crippen molar-refractivity contribution in [2.24, 2.45) is 5.92 Å². The summed E-state index contributed by atoms with van der Waals surface area (Å²) in [5.74, 6) is -1.23. The van der Waals surface area contributed by atoms with Crippen LogP contribution in [0.2, 0.25) is 0 Å². The van der Waals surface area contributed by atoms with E-state index in [0.29, 0.717) is 11.1 Å². The van der Waals surface area contributed by atoms with Gasteiger partial charge in [0.15, 0.2) is 5.78 Å². The second-order valence-corrected chi connectivity index (χ2v) is 9.39. The first-order valence-electron chi connectivity index (χ1n) is 12.0. The average molecular weight is 458 g/mol. The van der Waals surface area contributed by atoms with Gasteiger partial charge in [0.1, 0.15) is 5.60 Å². The first-order chi connectivity index (χ1) is 17.1. The monoisotopic (exact) mass is 457 g/mol. The van der Waals surface area contributed by atoms with Gasteiger partial charge in [0, 0.05) is 11.5 Å². The molecule has 172 valence electrons. The van der Waals surface area contributed by atoms with Crippen molar-refractivity contribution in [3.05, 3.63) is 144 Å². The predicted octanol–water partition coefficient (Wildman–Crippen LogP) is 6.41. The first kappa shape index (κ1) is 22.8. The minimum atomic E-state index is -1.43. The maximum Gasteiger partial charge on any atom is 0.169 e. The topological polar surface area (TPSA) is 61.1 Å². The molecule has 3 nitrogen and oxygen atoms in total. The quantitative estimate of drug-likeness (QED) is 0.352. The third-order valence-electron chi connectivity index (χ3n) is 7.55. The lowest BCUT2D eigenvalue weighted by Crippen LogP contribution is -2.53. The van der Waals surface area contributed by atoms with Crippen LogP contribution in [0.1, 0.15) is 45.8 Å². The molecule has 4 atom stereocenters. The van der Waals surface area contributed by atoms with Gasteiger partial charge in [-0.1, -0.05) is 121 Å². The number of ketones is 1. The summed E-state index contributed by atoms with van der Waals surface area (Å²) in [6.45, 7) is 0. The van der Waals surface area contributed by atoms with Crippen molar-refractivity contribution in [3.63, 3.8) is 0 Å². The lowest BCUT2D eigenvalue weighted by atomic mass is 9.52. The Labute approximate surface area is 206 Å². The van der Waals surface area contributed by atoms with Gasteiger partial charge in [-0.2, -0.15) is 5.26 Å². The Balaban J connectivity index is 1.73. The molecule has 0 aromatic heterocycles. The van der Waals surface area contributed by atoms with Crippen LogP contribution in [0, 0.1) is 17.2 Å². The number of Topliss-reactive ketones (excluding diaryl/α,β-unsaturated/α-hetero) is 1. The standard InChI is InChI=1S/C32H27NO2/c33-23-31(26-17-9-3-10-18-26)21-29(30(34)25-15-7-2-8-16-25)32(35,27-19-11-4-12-20-27)22-28(31)24-13-5-1-6-14-24/h1-20,28-29,35H,21-22H2. The summed E-state index contributed by atoms with van der Waals surface area (Å²) in [5.41, 5.74) is 0.706. The molecule has 1 N–H and O–H groups in total. The van der Waals surface area contributed by atoms with Crippen molar-refractivity contribution in [3.8, 4) is 6.07 Å². The van der Waals surface area contributed by atoms with Gasteiger partial charge in [-0.05, 0) is 29.5 Å². The molecule has 0 spiro atoms. The number of hydrogen-bond acceptors (Lipinski definition) is 3. The zero-order valence-electron chi connectivity index (χ0n) is 19.4. The molecular formula is C32H27NO2. The highest BCUT2D eigenvalue weighted by Gasteiger charge is 2.58. The number of nitrogens with zero attached hydrogens (tertiary/aromatic N) is 1. The van der Waals surface area contributed by atoms with Gasteiger partial charge in [0.2, 0.25) is 0 Å². The highest BCUT2D eigenvalue weighted by molar-refractivity contribution is 5.99. The molecule has 35 heavy (non-hydrogen) atoms. The number of carbonyl (C=O) groups excluding carboxylic acids is 1. The van der Waals surface area contributed by atoms with E-state index in [1.807, 2.05) is 109 Å². The van der Waals surface area contributed by atoms with E-state index < -0.39 is 16.9 Å². The number of aliphatic hydroxyl groups is 1. The molecule has 4 aromatic rings. The minimum Gasteiger partial charge on any atom is -0.384 e. The molecule has 5 rings (SSSR count). The molecule has 0 saturated heterocycles. The van der Waals surface area contributed by atoms with Crippen molar-refractivity contribution in [2.75, 3.05) is 0 Å². The van der Waals surface area contributed by atoms with E-state index in [9.17, 15) is 15.2 Å². The summed E-state index contributed by atoms with van der Waals surface area (Å²) in [7, 11) is 0. The Bertz CT molecular complexity index is 1330. The Morgan fingerprint density at radius 3 is 1.74 bits per heavy atom. The van der Waals surface area contributed by atoms with Gasteiger partial charge in [-0.25, -0.2) is 0 Å². The maximum atomic E-state index is 14.0. The van der Waals surface area contributed by atoms with Crippen LogP contribution in [-0.4, -0.2) is 10.9 Å². The van der Waals surface area contributed by atoms with E-state index in [-0.39, 0.29) is 24.5 Å². The van der Waals surface area contributed by atoms with E-state index in [1.165, 1.54) is 0 Å². The van der Waals surface area contributed by atoms with Crippen LogP contribution >= 0.6 is 0 Å². The summed E-state index contributed by atoms with van der Waals surface area (Å²) in [6, 6.07) is 40.8. The third-order valence-corrected chi connectivity index (χ3v) is 7.55. The van der Waals surface area contributed by atoms with Gasteiger partial charge >= 0.3 is 0 Å². The molecule has 1 saturated carbocycles. The molecule has 0 amide bonds. The van der Waals surface area contributed by atoms with E-state index >= 15 is 0 Å². The van der Waals surface area contributed by atoms with Gasteiger partial charge in [-0.3, -0.25) is 4.79 Å². The maximum absolute atomic E-state index is 14.0. The normalized spacial score (nSPS) is 25.9. The Kier molecular flexibility index (Phi) is 6.07. The molecule has 0 heterocycles. The Morgan fingerprint density at radius 2 is 1.20 bits per heavy atom. The summed E-state index contributed by atoms with van der Waals surface area (Å²) in [6.07, 6.45) is 0.471. The van der Waals surface area contributed by atoms with Gasteiger partial charge in [0.25, 0.3) is 0 Å². The predicted molar refractivity (Wildman–Crippen MR) is 137 cm³/mol. The van der Waals surface area contributed by atoms with Crippen LogP contribution in [0.15, 0.2) is 121 Å². The molecule has 0 bridgehead atoms. The number of benzene rings is 4. The largest absolute Gasteiger partial charge is 0.384 e. The number of hydrogen-bond donors (Lipinski definition) is 1. The highest BCUT2D eigenvalue weighted by atomic mass is 16.3. The number of nitriles is 1. The van der Waals surface area contributed by atoms with Gasteiger partial charge in [-0.15, -0.1) is 0 Å². The van der Waals surface area contributed by atoms with Crippen LogP contribution in [-0.2, 0) is 11.0 Å². The number of carbonyl (C=O) groups is 1. The molecule has 1 aliphatic carbocycles. The van der Waals surface area contributed by atoms with Crippen LogP contribution in [0.5, 0.6) is 0 Å². The van der Waals surface area contributed by atoms with Crippen LogP contribution in [0.25, 0.3) is 0 Å². The minimum absolute atomic E-state index is 0.140. The molecule has 3 heteroatoms. The fourth-order valence-corrected chi connectivity index (χ4v) is 5.75. The molecule has 4 aromatic carbocycles. The molecule has 0 radical (unpaired) electrons. The van der Waals surface area contributed by atoms with Crippen molar-refractivity contribution in [2.45, 2.75) is 29.8 Å². The van der Waals surface area contributed by atoms with Gasteiger partial charge in [0.05, 0.1) is 17.4 Å². The number of rotatable bonds is 5. The molecule has 0 aliphatic heterocycles. The first-order valence-corrected chi connectivity index (χ1v) is 12.0. The summed E-state index contributed by atoms with van der Waals surface area (Å²) in [5, 5.41) is 23.2. The molecular weight excluding hydrogens is 430 g/mol. The fraction of sp³-hybridized carbons (Fsp3) is 0.188. The highest BCUT2D eigenvalue weighted by Crippen LogP contribution is 2.57. The van der Waals surface area contributed by atoms with Crippen molar-refractivity contribution in [1.29, 1.82) is 5.26 Å². The second kappa shape index (κ2) is 9.33. The Morgan fingerprint density at radius 1 is 0.714 bits per heavy atom. The average Bonchev–Trinajstić information content (AvgIpc) is 2.94. The lowest BCUT2D eigenvalue weighted by molar-refractivity contribution is -0.0626. The zero-order valence-corrected chi connectivity index (χ0v) is 19.4. The van der Waals surface area contributed by atoms with E-state index in [4.69, 9.17) is 0 Å². The summed E-state index contributed by atoms with van der Waals surface area (Å²) in [4.78, 5) is 14.0. The van der Waals surface area contributed by atoms with Crippen molar-refractivity contribution in [1.82, 2.24) is 0 Å². The van der Waals surface area contributed by atoms with Crippen LogP contribution in [0.4, 0.5) is 0 Å². The van der Waals surface area contributed by atoms with E-state index in [2.05, 4.69) is 6.07 Å². The van der Waals surface area contributed by atoms with Crippen molar-refractivity contribution >= 4 is 5.78 Å². The Hall–Kier alpha value is -4.00. The third kappa shape index (κ3) is 3.97. The molecule has 1 aliphatic rings. The van der Waals surface area contributed by atoms with E-state index in [1.54, 1.807) is 12.1 Å². The smallest absolute Gasteiger partial charge is 0.169 e. The zero-order chi connectivity index (χ0) is 24.3. The fourth-order valence-electron chi connectivity index (χ4n) is 5.75. The molecule has 1 fully saturated rings. The second-order valence-electron chi connectivity index (χ2n) is 9.39. The summed E-state index contributed by atoms with van der Waals surface area (Å²) >= 11 is 0. The SMILES string of the molecule is N#CC1(c2ccccc2)CC(C(=O)c2ccccc2)C(O)(c2ccccc2)CC1c1ccccc1. The van der Waals surface area contributed by atoms with Crippen molar-refractivity contribution < 1.29 is 9.90 Å². The van der Waals surface area contributed by atoms with Crippen LogP contribution < -0.4 is 0 Å². The van der Waals surface area contributed by atoms with Crippen LogP contribution in [0.3, 0.4) is 0 Å². The molecule has 4 unspecified atom stereocenters. The lowest BCUT2D eigenvalue weighted by Gasteiger charge is -2.51.